The SMILES string of the molecule is CC(C)[C@H](NC(=O)[C@H](C[NH3+])NC(=O)/C=C/C(N)=O)C(=O)[O-]. The summed E-state index contributed by atoms with van der Waals surface area (Å²) in [5, 5.41) is 15.4. The van der Waals surface area contributed by atoms with E-state index in [1.807, 2.05) is 0 Å². The summed E-state index contributed by atoms with van der Waals surface area (Å²) in [5.41, 5.74) is 8.32. The fraction of sp³-hybridized carbons (Fsp3) is 0.500. The van der Waals surface area contributed by atoms with Crippen molar-refractivity contribution in [3.8, 4) is 0 Å². The molecule has 21 heavy (non-hydrogen) atoms. The average molecular weight is 300 g/mol. The quantitative estimate of drug-likeness (QED) is 0.331. The molecule has 0 aromatic heterocycles. The van der Waals surface area contributed by atoms with Crippen LogP contribution < -0.4 is 27.2 Å². The molecule has 0 aromatic carbocycles. The van der Waals surface area contributed by atoms with Gasteiger partial charge in [-0.2, -0.15) is 0 Å². The first-order valence-corrected chi connectivity index (χ1v) is 6.27. The predicted octanol–water partition coefficient (Wildman–Crippen LogP) is -4.35. The van der Waals surface area contributed by atoms with Gasteiger partial charge in [0.1, 0.15) is 6.54 Å². The van der Waals surface area contributed by atoms with Crippen LogP contribution in [0.3, 0.4) is 0 Å². The molecule has 9 nitrogen and oxygen atoms in total. The Morgan fingerprint density at radius 1 is 1.19 bits per heavy atom. The first-order chi connectivity index (χ1) is 9.68. The van der Waals surface area contributed by atoms with Crippen molar-refractivity contribution >= 4 is 23.7 Å². The lowest BCUT2D eigenvalue weighted by Crippen LogP contribution is -2.66. The highest BCUT2D eigenvalue weighted by Crippen LogP contribution is 2.00. The summed E-state index contributed by atoms with van der Waals surface area (Å²) in [4.78, 5) is 44.7. The number of aliphatic carboxylic acids is 1. The van der Waals surface area contributed by atoms with E-state index in [0.29, 0.717) is 0 Å². The van der Waals surface area contributed by atoms with E-state index in [4.69, 9.17) is 5.73 Å². The van der Waals surface area contributed by atoms with Gasteiger partial charge in [0.05, 0.1) is 12.0 Å². The standard InChI is InChI=1S/C12H20N4O5/c1-6(2)10(12(20)21)16-11(19)7(5-13)15-9(18)4-3-8(14)17/h3-4,6-7,10H,5,13H2,1-2H3,(H2,14,17)(H,15,18)(H,16,19)(H,20,21)/b4-3+/t7-,10-/m0/s1. The van der Waals surface area contributed by atoms with E-state index in [9.17, 15) is 24.3 Å². The minimum absolute atomic E-state index is 0.000151. The number of nitrogens with two attached hydrogens (primary N) is 1. The molecule has 0 heterocycles. The maximum Gasteiger partial charge on any atom is 0.249 e. The van der Waals surface area contributed by atoms with Gasteiger partial charge in [0.15, 0.2) is 6.04 Å². The number of amides is 3. The highest BCUT2D eigenvalue weighted by molar-refractivity contribution is 5.98. The molecular formula is C12H20N4O5. The number of carbonyl (C=O) groups excluding carboxylic acids is 4. The third kappa shape index (κ3) is 7.06. The van der Waals surface area contributed by atoms with Crippen molar-refractivity contribution in [1.29, 1.82) is 0 Å². The first kappa shape index (κ1) is 18.6. The molecule has 0 saturated carbocycles. The van der Waals surface area contributed by atoms with E-state index in [1.54, 1.807) is 13.8 Å². The van der Waals surface area contributed by atoms with Gasteiger partial charge in [-0.1, -0.05) is 13.8 Å². The molecule has 0 aliphatic heterocycles. The summed E-state index contributed by atoms with van der Waals surface area (Å²) in [6, 6.07) is -2.21. The van der Waals surface area contributed by atoms with Gasteiger partial charge in [-0.3, -0.25) is 14.4 Å². The fourth-order valence-corrected chi connectivity index (χ4v) is 1.40. The summed E-state index contributed by atoms with van der Waals surface area (Å²) < 4.78 is 0. The van der Waals surface area contributed by atoms with Crippen molar-refractivity contribution in [2.24, 2.45) is 11.7 Å². The summed E-state index contributed by atoms with van der Waals surface area (Å²) in [5.74, 6) is -4.02. The minimum atomic E-state index is -1.42. The van der Waals surface area contributed by atoms with Crippen molar-refractivity contribution in [1.82, 2.24) is 10.6 Å². The van der Waals surface area contributed by atoms with Crippen LogP contribution >= 0.6 is 0 Å². The zero-order valence-corrected chi connectivity index (χ0v) is 11.9. The third-order valence-electron chi connectivity index (χ3n) is 2.54. The second kappa shape index (κ2) is 8.69. The Kier molecular flexibility index (Phi) is 7.69. The van der Waals surface area contributed by atoms with E-state index in [1.165, 1.54) is 0 Å². The number of carboxylic acids is 1. The number of rotatable bonds is 8. The number of nitrogens with one attached hydrogen (secondary N) is 2. The molecule has 0 radical (unpaired) electrons. The van der Waals surface area contributed by atoms with Crippen molar-refractivity contribution in [2.45, 2.75) is 25.9 Å². The van der Waals surface area contributed by atoms with Crippen LogP contribution in [0.5, 0.6) is 0 Å². The van der Waals surface area contributed by atoms with Crippen LogP contribution in [-0.4, -0.2) is 42.3 Å². The van der Waals surface area contributed by atoms with Crippen LogP contribution in [0.1, 0.15) is 13.8 Å². The summed E-state index contributed by atoms with van der Waals surface area (Å²) in [6.07, 6.45) is 1.71. The fourth-order valence-electron chi connectivity index (χ4n) is 1.40. The number of quaternary nitrogens is 1. The van der Waals surface area contributed by atoms with Crippen molar-refractivity contribution in [2.75, 3.05) is 6.54 Å². The second-order valence-electron chi connectivity index (χ2n) is 4.63. The lowest BCUT2D eigenvalue weighted by atomic mass is 10.0. The lowest BCUT2D eigenvalue weighted by molar-refractivity contribution is -0.370. The minimum Gasteiger partial charge on any atom is -0.548 e. The largest absolute Gasteiger partial charge is 0.548 e. The molecule has 2 atom stereocenters. The average Bonchev–Trinajstić information content (AvgIpc) is 2.38. The Hall–Kier alpha value is -2.42. The van der Waals surface area contributed by atoms with Crippen LogP contribution in [0.15, 0.2) is 12.2 Å². The molecule has 0 rings (SSSR count). The maximum atomic E-state index is 11.9. The van der Waals surface area contributed by atoms with E-state index >= 15 is 0 Å². The predicted molar refractivity (Wildman–Crippen MR) is 69.8 cm³/mol. The molecule has 3 amide bonds. The van der Waals surface area contributed by atoms with Gasteiger partial charge in [-0.05, 0) is 5.92 Å². The lowest BCUT2D eigenvalue weighted by Gasteiger charge is -2.25. The molecule has 9 heteroatoms. The van der Waals surface area contributed by atoms with Crippen LogP contribution in [0.4, 0.5) is 0 Å². The molecule has 0 saturated heterocycles. The summed E-state index contributed by atoms with van der Waals surface area (Å²) in [6.45, 7) is 3.21. The maximum absolute atomic E-state index is 11.9. The van der Waals surface area contributed by atoms with Crippen LogP contribution in [0.2, 0.25) is 0 Å². The molecule has 0 fully saturated rings. The zero-order valence-electron chi connectivity index (χ0n) is 11.9. The number of carbonyl (C=O) groups is 4. The van der Waals surface area contributed by atoms with Gasteiger partial charge in [0.25, 0.3) is 0 Å². The van der Waals surface area contributed by atoms with E-state index in [0.717, 1.165) is 12.2 Å². The normalized spacial score (nSPS) is 13.7. The highest BCUT2D eigenvalue weighted by Gasteiger charge is 2.25. The molecule has 118 valence electrons. The van der Waals surface area contributed by atoms with Gasteiger partial charge in [-0.25, -0.2) is 0 Å². The second-order valence-corrected chi connectivity index (χ2v) is 4.63. The van der Waals surface area contributed by atoms with E-state index in [-0.39, 0.29) is 12.5 Å². The Labute approximate surface area is 121 Å². The topological polar surface area (TPSA) is 169 Å². The van der Waals surface area contributed by atoms with Crippen LogP contribution in [-0.2, 0) is 19.2 Å². The molecular weight excluding hydrogens is 280 g/mol. The molecule has 0 bridgehead atoms. The number of primary amides is 1. The van der Waals surface area contributed by atoms with Crippen molar-refractivity contribution in [3.63, 3.8) is 0 Å². The Morgan fingerprint density at radius 3 is 2.14 bits per heavy atom. The van der Waals surface area contributed by atoms with Gasteiger partial charge < -0.3 is 32.0 Å². The summed E-state index contributed by atoms with van der Waals surface area (Å²) in [7, 11) is 0. The zero-order chi connectivity index (χ0) is 16.6. The Balaban J connectivity index is 4.72. The van der Waals surface area contributed by atoms with Gasteiger partial charge >= 0.3 is 0 Å². The van der Waals surface area contributed by atoms with E-state index < -0.39 is 35.8 Å². The van der Waals surface area contributed by atoms with Crippen molar-refractivity contribution in [3.05, 3.63) is 12.2 Å². The van der Waals surface area contributed by atoms with Gasteiger partial charge in [0, 0.05) is 12.2 Å². The van der Waals surface area contributed by atoms with Gasteiger partial charge in [0.2, 0.25) is 17.7 Å². The molecule has 0 unspecified atom stereocenters. The number of hydrogen-bond donors (Lipinski definition) is 4. The first-order valence-electron chi connectivity index (χ1n) is 6.27. The van der Waals surface area contributed by atoms with Crippen LogP contribution in [0.25, 0.3) is 0 Å². The smallest absolute Gasteiger partial charge is 0.249 e. The molecule has 0 spiro atoms. The van der Waals surface area contributed by atoms with Gasteiger partial charge in [-0.15, -0.1) is 0 Å². The molecule has 7 N–H and O–H groups in total. The van der Waals surface area contributed by atoms with Crippen LogP contribution in [0, 0.1) is 5.92 Å². The monoisotopic (exact) mass is 300 g/mol. The van der Waals surface area contributed by atoms with E-state index in [2.05, 4.69) is 16.4 Å². The molecule has 0 aliphatic carbocycles. The number of carboxylic acid groups (broad SMARTS) is 1. The molecule has 0 aliphatic rings. The number of hydrogen-bond acceptors (Lipinski definition) is 5. The van der Waals surface area contributed by atoms with Crippen molar-refractivity contribution < 1.29 is 30.0 Å². The Morgan fingerprint density at radius 2 is 1.76 bits per heavy atom. The third-order valence-corrected chi connectivity index (χ3v) is 2.54. The highest BCUT2D eigenvalue weighted by atomic mass is 16.4. The molecule has 0 aromatic rings. The Bertz CT molecular complexity index is 447. The summed E-state index contributed by atoms with van der Waals surface area (Å²) >= 11 is 0.